The molecule has 1 heterocycles. The first-order valence-electron chi connectivity index (χ1n) is 6.37. The summed E-state index contributed by atoms with van der Waals surface area (Å²) in [4.78, 5) is 14.7. The maximum absolute atomic E-state index is 12.1. The average Bonchev–Trinajstić information content (AvgIpc) is 2.77. The summed E-state index contributed by atoms with van der Waals surface area (Å²) < 4.78 is 0.742. The number of nitrogens with one attached hydrogen (secondary N) is 1. The van der Waals surface area contributed by atoms with Crippen LogP contribution in [0.1, 0.15) is 27.0 Å². The minimum absolute atomic E-state index is 0.0773. The number of anilines is 1. The Morgan fingerprint density at radius 1 is 1.40 bits per heavy atom. The summed E-state index contributed by atoms with van der Waals surface area (Å²) >= 11 is 5.10. The fourth-order valence-electron chi connectivity index (χ4n) is 1.92. The van der Waals surface area contributed by atoms with E-state index in [0.29, 0.717) is 11.3 Å². The first-order chi connectivity index (χ1) is 9.45. The highest BCUT2D eigenvalue weighted by molar-refractivity contribution is 9.10. The molecule has 0 saturated heterocycles. The fraction of sp³-hybridized carbons (Fsp3) is 0.267. The maximum Gasteiger partial charge on any atom is 0.251 e. The second kappa shape index (κ2) is 6.41. The summed E-state index contributed by atoms with van der Waals surface area (Å²) in [7, 11) is 0. The minimum atomic E-state index is -0.0773. The Morgan fingerprint density at radius 2 is 2.15 bits per heavy atom. The lowest BCUT2D eigenvalue weighted by molar-refractivity contribution is 0.0940. The Hall–Kier alpha value is -1.33. The summed E-state index contributed by atoms with van der Waals surface area (Å²) in [5.74, 6) is -0.0773. The van der Waals surface area contributed by atoms with E-state index >= 15 is 0 Å². The van der Waals surface area contributed by atoms with E-state index < -0.39 is 0 Å². The molecule has 0 fully saturated rings. The molecule has 2 rings (SSSR count). The topological polar surface area (TPSA) is 55.1 Å². The summed E-state index contributed by atoms with van der Waals surface area (Å²) in [6.07, 6.45) is 0.848. The van der Waals surface area contributed by atoms with Gasteiger partial charge < -0.3 is 11.1 Å². The number of amides is 1. The zero-order valence-corrected chi connectivity index (χ0v) is 13.8. The van der Waals surface area contributed by atoms with Gasteiger partial charge in [0.05, 0.1) is 0 Å². The molecule has 1 unspecified atom stereocenters. The third-order valence-corrected chi connectivity index (χ3v) is 4.65. The molecule has 106 valence electrons. The molecule has 0 bridgehead atoms. The third-order valence-electron chi connectivity index (χ3n) is 2.94. The molecule has 5 heteroatoms. The number of nitrogen functional groups attached to an aromatic ring is 1. The highest BCUT2D eigenvalue weighted by atomic mass is 79.9. The van der Waals surface area contributed by atoms with Gasteiger partial charge in [-0.15, -0.1) is 11.3 Å². The largest absolute Gasteiger partial charge is 0.398 e. The predicted molar refractivity (Wildman–Crippen MR) is 88.2 cm³/mol. The number of halogens is 1. The highest BCUT2D eigenvalue weighted by Crippen LogP contribution is 2.21. The van der Waals surface area contributed by atoms with Gasteiger partial charge in [0.15, 0.2) is 0 Å². The lowest BCUT2D eigenvalue weighted by atomic mass is 10.1. The van der Waals surface area contributed by atoms with Crippen LogP contribution in [0.25, 0.3) is 0 Å². The van der Waals surface area contributed by atoms with Crippen molar-refractivity contribution in [2.45, 2.75) is 26.3 Å². The van der Waals surface area contributed by atoms with Gasteiger partial charge in [-0.25, -0.2) is 0 Å². The van der Waals surface area contributed by atoms with Crippen LogP contribution >= 0.6 is 27.3 Å². The Labute approximate surface area is 131 Å². The molecule has 1 amide bonds. The Bertz CT molecular complexity index is 624. The van der Waals surface area contributed by atoms with E-state index in [2.05, 4.69) is 40.3 Å². The molecular weight excluding hydrogens is 336 g/mol. The van der Waals surface area contributed by atoms with E-state index in [-0.39, 0.29) is 11.9 Å². The number of rotatable bonds is 4. The van der Waals surface area contributed by atoms with Crippen molar-refractivity contribution in [3.05, 3.63) is 50.1 Å². The molecule has 1 atom stereocenters. The van der Waals surface area contributed by atoms with Crippen molar-refractivity contribution >= 4 is 38.9 Å². The van der Waals surface area contributed by atoms with Crippen LogP contribution in [0.4, 0.5) is 5.69 Å². The number of hydrogen-bond donors (Lipinski definition) is 2. The first kappa shape index (κ1) is 15.1. The zero-order valence-electron chi connectivity index (χ0n) is 11.4. The maximum atomic E-state index is 12.1. The van der Waals surface area contributed by atoms with Gasteiger partial charge in [-0.05, 0) is 60.1 Å². The van der Waals surface area contributed by atoms with Crippen molar-refractivity contribution in [2.24, 2.45) is 0 Å². The fourth-order valence-corrected chi connectivity index (χ4v) is 3.32. The minimum Gasteiger partial charge on any atom is -0.398 e. The predicted octanol–water partition coefficient (Wildman–Crippen LogP) is 3.76. The van der Waals surface area contributed by atoms with Crippen LogP contribution in [0.15, 0.2) is 34.8 Å². The van der Waals surface area contributed by atoms with Gasteiger partial charge in [-0.1, -0.05) is 0 Å². The van der Waals surface area contributed by atoms with Crippen molar-refractivity contribution < 1.29 is 4.79 Å². The summed E-state index contributed by atoms with van der Waals surface area (Å²) in [6, 6.07) is 9.52. The SMILES string of the molecule is Cc1ccc(CC(C)NC(=O)c2ccc(N)c(Br)c2)s1. The monoisotopic (exact) mass is 352 g/mol. The van der Waals surface area contributed by atoms with Crippen LogP contribution in [-0.4, -0.2) is 11.9 Å². The lowest BCUT2D eigenvalue weighted by Gasteiger charge is -2.13. The smallest absolute Gasteiger partial charge is 0.251 e. The molecule has 0 spiro atoms. The highest BCUT2D eigenvalue weighted by Gasteiger charge is 2.12. The third kappa shape index (κ3) is 3.84. The van der Waals surface area contributed by atoms with Gasteiger partial charge in [0, 0.05) is 37.9 Å². The summed E-state index contributed by atoms with van der Waals surface area (Å²) in [6.45, 7) is 4.10. The summed E-state index contributed by atoms with van der Waals surface area (Å²) in [5, 5.41) is 3.01. The van der Waals surface area contributed by atoms with E-state index in [0.717, 1.165) is 10.9 Å². The Balaban J connectivity index is 1.98. The van der Waals surface area contributed by atoms with Gasteiger partial charge >= 0.3 is 0 Å². The van der Waals surface area contributed by atoms with E-state index in [1.165, 1.54) is 9.75 Å². The normalized spacial score (nSPS) is 12.2. The molecule has 0 saturated carbocycles. The zero-order chi connectivity index (χ0) is 14.7. The molecule has 3 N–H and O–H groups in total. The molecule has 20 heavy (non-hydrogen) atoms. The van der Waals surface area contributed by atoms with Crippen LogP contribution in [0.2, 0.25) is 0 Å². The van der Waals surface area contributed by atoms with Crippen LogP contribution in [0.5, 0.6) is 0 Å². The van der Waals surface area contributed by atoms with Crippen LogP contribution in [0, 0.1) is 6.92 Å². The quantitative estimate of drug-likeness (QED) is 0.823. The van der Waals surface area contributed by atoms with Gasteiger partial charge in [-0.2, -0.15) is 0 Å². The van der Waals surface area contributed by atoms with Crippen LogP contribution in [0.3, 0.4) is 0 Å². The standard InChI is InChI=1S/C15H17BrN2OS/c1-9(7-12-5-3-10(2)20-12)18-15(19)11-4-6-14(17)13(16)8-11/h3-6,8-9H,7,17H2,1-2H3,(H,18,19). The van der Waals surface area contributed by atoms with E-state index in [4.69, 9.17) is 5.73 Å². The molecule has 0 aliphatic carbocycles. The number of carbonyl (C=O) groups excluding carboxylic acids is 1. The van der Waals surface area contributed by atoms with Crippen molar-refractivity contribution in [3.63, 3.8) is 0 Å². The van der Waals surface area contributed by atoms with Gasteiger partial charge in [0.25, 0.3) is 5.91 Å². The van der Waals surface area contributed by atoms with Crippen molar-refractivity contribution in [2.75, 3.05) is 5.73 Å². The Kier molecular flexibility index (Phi) is 4.83. The number of aryl methyl sites for hydroxylation is 1. The molecule has 2 aromatic rings. The van der Waals surface area contributed by atoms with Gasteiger partial charge in [-0.3, -0.25) is 4.79 Å². The average molecular weight is 353 g/mol. The Morgan fingerprint density at radius 3 is 2.75 bits per heavy atom. The van der Waals surface area contributed by atoms with E-state index in [9.17, 15) is 4.79 Å². The first-order valence-corrected chi connectivity index (χ1v) is 7.98. The number of benzene rings is 1. The molecule has 0 aliphatic rings. The van der Waals surface area contributed by atoms with E-state index in [1.807, 2.05) is 6.92 Å². The molecule has 0 aliphatic heterocycles. The molecule has 1 aromatic carbocycles. The van der Waals surface area contributed by atoms with Crippen molar-refractivity contribution in [3.8, 4) is 0 Å². The van der Waals surface area contributed by atoms with Crippen LogP contribution in [-0.2, 0) is 6.42 Å². The molecule has 3 nitrogen and oxygen atoms in total. The second-order valence-corrected chi connectivity index (χ2v) is 7.05. The summed E-state index contributed by atoms with van der Waals surface area (Å²) in [5.41, 5.74) is 6.96. The van der Waals surface area contributed by atoms with E-state index in [1.54, 1.807) is 29.5 Å². The number of nitrogens with two attached hydrogens (primary N) is 1. The molecule has 0 radical (unpaired) electrons. The number of thiophene rings is 1. The van der Waals surface area contributed by atoms with Crippen molar-refractivity contribution in [1.82, 2.24) is 5.32 Å². The van der Waals surface area contributed by atoms with Gasteiger partial charge in [0.1, 0.15) is 0 Å². The van der Waals surface area contributed by atoms with Crippen molar-refractivity contribution in [1.29, 1.82) is 0 Å². The van der Waals surface area contributed by atoms with Gasteiger partial charge in [0.2, 0.25) is 0 Å². The second-order valence-electron chi connectivity index (χ2n) is 4.83. The molecule has 1 aromatic heterocycles. The molecular formula is C15H17BrN2OS. The number of carbonyl (C=O) groups is 1. The lowest BCUT2D eigenvalue weighted by Crippen LogP contribution is -2.33. The van der Waals surface area contributed by atoms with Crippen LogP contribution < -0.4 is 11.1 Å². The number of hydrogen-bond acceptors (Lipinski definition) is 3.